The van der Waals surface area contributed by atoms with Gasteiger partial charge >= 0.3 is 0 Å². The van der Waals surface area contributed by atoms with E-state index in [9.17, 15) is 4.79 Å². The molecule has 0 bridgehead atoms. The molecule has 0 aromatic heterocycles. The van der Waals surface area contributed by atoms with E-state index in [1.165, 1.54) is 25.7 Å². The van der Waals surface area contributed by atoms with E-state index < -0.39 is 0 Å². The number of carbonyl (C=O) groups excluding carboxylic acids is 1. The molecule has 1 amide bonds. The van der Waals surface area contributed by atoms with Gasteiger partial charge in [0.2, 0.25) is 5.91 Å². The van der Waals surface area contributed by atoms with Crippen molar-refractivity contribution in [1.29, 1.82) is 0 Å². The van der Waals surface area contributed by atoms with Crippen LogP contribution < -0.4 is 10.6 Å². The van der Waals surface area contributed by atoms with Crippen molar-refractivity contribution >= 4 is 5.91 Å². The van der Waals surface area contributed by atoms with Crippen molar-refractivity contribution in [2.45, 2.75) is 45.1 Å². The van der Waals surface area contributed by atoms with E-state index in [0.29, 0.717) is 12.6 Å². The topological polar surface area (TPSA) is 41.1 Å². The molecule has 1 aliphatic rings. The lowest BCUT2D eigenvalue weighted by Crippen LogP contribution is -2.38. The van der Waals surface area contributed by atoms with Crippen molar-refractivity contribution in [2.24, 2.45) is 0 Å². The molecule has 2 N–H and O–H groups in total. The van der Waals surface area contributed by atoms with Crippen molar-refractivity contribution in [3.63, 3.8) is 0 Å². The fraction of sp³-hybridized carbons (Fsp3) is 0.750. The molecule has 0 aliphatic heterocycles. The third-order valence-electron chi connectivity index (χ3n) is 2.78. The van der Waals surface area contributed by atoms with Crippen LogP contribution in [-0.4, -0.2) is 25.0 Å². The second-order valence-electron chi connectivity index (χ2n) is 4.07. The highest BCUT2D eigenvalue weighted by Crippen LogP contribution is 2.17. The first-order chi connectivity index (χ1) is 7.33. The Morgan fingerprint density at radius 3 is 2.80 bits per heavy atom. The standard InChI is InChI=1S/C12H22N2O/c1-2-3-6-9-13-12(15)10-14-11-7-4-5-8-11/h2-3,11,14H,4-10H2,1H3,(H,13,15)/b3-2+. The summed E-state index contributed by atoms with van der Waals surface area (Å²) in [6, 6.07) is 0.575. The average molecular weight is 210 g/mol. The van der Waals surface area contributed by atoms with Crippen LogP contribution in [0.2, 0.25) is 0 Å². The molecule has 1 saturated carbocycles. The van der Waals surface area contributed by atoms with Crippen LogP contribution >= 0.6 is 0 Å². The van der Waals surface area contributed by atoms with Gasteiger partial charge in [0.25, 0.3) is 0 Å². The quantitative estimate of drug-likeness (QED) is 0.516. The Bertz CT molecular complexity index is 208. The molecule has 0 heterocycles. The third-order valence-corrected chi connectivity index (χ3v) is 2.78. The molecule has 0 aromatic carbocycles. The lowest BCUT2D eigenvalue weighted by Gasteiger charge is -2.11. The van der Waals surface area contributed by atoms with Crippen molar-refractivity contribution in [3.05, 3.63) is 12.2 Å². The zero-order valence-corrected chi connectivity index (χ0v) is 9.59. The van der Waals surface area contributed by atoms with E-state index in [1.54, 1.807) is 0 Å². The minimum atomic E-state index is 0.117. The maximum atomic E-state index is 11.4. The van der Waals surface area contributed by atoms with E-state index in [-0.39, 0.29) is 5.91 Å². The normalized spacial score (nSPS) is 17.4. The Labute approximate surface area is 92.3 Å². The largest absolute Gasteiger partial charge is 0.355 e. The van der Waals surface area contributed by atoms with Crippen LogP contribution in [0.1, 0.15) is 39.0 Å². The molecule has 1 aliphatic carbocycles. The summed E-state index contributed by atoms with van der Waals surface area (Å²) in [7, 11) is 0. The molecule has 0 radical (unpaired) electrons. The van der Waals surface area contributed by atoms with Crippen molar-refractivity contribution in [1.82, 2.24) is 10.6 Å². The summed E-state index contributed by atoms with van der Waals surface area (Å²) in [5.74, 6) is 0.117. The molecular weight excluding hydrogens is 188 g/mol. The molecule has 15 heavy (non-hydrogen) atoms. The third kappa shape index (κ3) is 5.57. The lowest BCUT2D eigenvalue weighted by molar-refractivity contribution is -0.120. The van der Waals surface area contributed by atoms with Gasteiger partial charge in [0.05, 0.1) is 6.54 Å². The zero-order chi connectivity index (χ0) is 10.9. The van der Waals surface area contributed by atoms with Gasteiger partial charge in [-0.2, -0.15) is 0 Å². The highest BCUT2D eigenvalue weighted by molar-refractivity contribution is 5.77. The Hall–Kier alpha value is -0.830. The van der Waals surface area contributed by atoms with Gasteiger partial charge in [-0.3, -0.25) is 4.79 Å². The maximum Gasteiger partial charge on any atom is 0.233 e. The summed E-state index contributed by atoms with van der Waals surface area (Å²) in [6.45, 7) is 3.21. The summed E-state index contributed by atoms with van der Waals surface area (Å²) >= 11 is 0. The molecule has 86 valence electrons. The number of hydrogen-bond acceptors (Lipinski definition) is 2. The summed E-state index contributed by atoms with van der Waals surface area (Å²) < 4.78 is 0. The molecule has 0 saturated heterocycles. The minimum absolute atomic E-state index is 0.117. The van der Waals surface area contributed by atoms with E-state index in [1.807, 2.05) is 13.0 Å². The van der Waals surface area contributed by atoms with Gasteiger partial charge < -0.3 is 10.6 Å². The van der Waals surface area contributed by atoms with Crippen LogP contribution in [0, 0.1) is 0 Å². The highest BCUT2D eigenvalue weighted by Gasteiger charge is 2.14. The fourth-order valence-corrected chi connectivity index (χ4v) is 1.89. The fourth-order valence-electron chi connectivity index (χ4n) is 1.89. The molecule has 3 nitrogen and oxygen atoms in total. The first kappa shape index (κ1) is 12.2. The summed E-state index contributed by atoms with van der Waals surface area (Å²) in [5.41, 5.74) is 0. The molecular formula is C12H22N2O. The molecule has 1 fully saturated rings. The number of hydrogen-bond donors (Lipinski definition) is 2. The number of allylic oxidation sites excluding steroid dienone is 1. The van der Waals surface area contributed by atoms with E-state index in [0.717, 1.165) is 13.0 Å². The highest BCUT2D eigenvalue weighted by atomic mass is 16.1. The maximum absolute atomic E-state index is 11.4. The number of amides is 1. The predicted octanol–water partition coefficient (Wildman–Crippen LogP) is 1.60. The lowest BCUT2D eigenvalue weighted by atomic mass is 10.2. The monoisotopic (exact) mass is 210 g/mol. The van der Waals surface area contributed by atoms with E-state index in [2.05, 4.69) is 16.7 Å². The van der Waals surface area contributed by atoms with Crippen LogP contribution in [0.5, 0.6) is 0 Å². The van der Waals surface area contributed by atoms with Gasteiger partial charge in [0.1, 0.15) is 0 Å². The van der Waals surface area contributed by atoms with E-state index in [4.69, 9.17) is 0 Å². The van der Waals surface area contributed by atoms with E-state index >= 15 is 0 Å². The second-order valence-corrected chi connectivity index (χ2v) is 4.07. The van der Waals surface area contributed by atoms with Crippen molar-refractivity contribution < 1.29 is 4.79 Å². The average Bonchev–Trinajstić information content (AvgIpc) is 2.74. The Morgan fingerprint density at radius 1 is 1.40 bits per heavy atom. The van der Waals surface area contributed by atoms with Gasteiger partial charge in [-0.05, 0) is 26.2 Å². The summed E-state index contributed by atoms with van der Waals surface area (Å²) in [4.78, 5) is 11.4. The molecule has 0 unspecified atom stereocenters. The Balaban J connectivity index is 1.97. The summed E-state index contributed by atoms with van der Waals surface area (Å²) in [5, 5.41) is 6.18. The Kier molecular flexibility index (Phi) is 6.09. The SMILES string of the molecule is C/C=C/CCNC(=O)CNC1CCCC1. The Morgan fingerprint density at radius 2 is 2.13 bits per heavy atom. The van der Waals surface area contributed by atoms with Gasteiger partial charge in [-0.25, -0.2) is 0 Å². The molecule has 0 atom stereocenters. The van der Waals surface area contributed by atoms with Crippen molar-refractivity contribution in [2.75, 3.05) is 13.1 Å². The van der Waals surface area contributed by atoms with Crippen LogP contribution in [0.3, 0.4) is 0 Å². The summed E-state index contributed by atoms with van der Waals surface area (Å²) in [6.07, 6.45) is 10.1. The number of carbonyl (C=O) groups is 1. The zero-order valence-electron chi connectivity index (χ0n) is 9.59. The molecule has 3 heteroatoms. The molecule has 0 spiro atoms. The first-order valence-corrected chi connectivity index (χ1v) is 5.94. The van der Waals surface area contributed by atoms with Gasteiger partial charge in [0, 0.05) is 12.6 Å². The van der Waals surface area contributed by atoms with Crippen LogP contribution in [0.25, 0.3) is 0 Å². The van der Waals surface area contributed by atoms with Gasteiger partial charge in [0.15, 0.2) is 0 Å². The first-order valence-electron chi connectivity index (χ1n) is 5.94. The van der Waals surface area contributed by atoms with Crippen LogP contribution in [0.15, 0.2) is 12.2 Å². The van der Waals surface area contributed by atoms with Gasteiger partial charge in [-0.15, -0.1) is 0 Å². The number of rotatable bonds is 6. The second kappa shape index (κ2) is 7.46. The van der Waals surface area contributed by atoms with Crippen LogP contribution in [-0.2, 0) is 4.79 Å². The molecule has 1 rings (SSSR count). The number of nitrogens with one attached hydrogen (secondary N) is 2. The smallest absolute Gasteiger partial charge is 0.233 e. The van der Waals surface area contributed by atoms with Gasteiger partial charge in [-0.1, -0.05) is 25.0 Å². The predicted molar refractivity (Wildman–Crippen MR) is 62.7 cm³/mol. The van der Waals surface area contributed by atoms with Crippen LogP contribution in [0.4, 0.5) is 0 Å². The minimum Gasteiger partial charge on any atom is -0.355 e. The van der Waals surface area contributed by atoms with Crippen molar-refractivity contribution in [3.8, 4) is 0 Å². The molecule has 0 aromatic rings.